The zero-order chi connectivity index (χ0) is 23.1. The van der Waals surface area contributed by atoms with Crippen LogP contribution in [-0.4, -0.2) is 25.6 Å². The SMILES string of the molecule is C=CCc1cccc(/C=N/NC(=O)c2ccc(NS(=O)(=O)c3ccc(C)cc3)cc2)c1O. The predicted octanol–water partition coefficient (Wildman–Crippen LogP) is 3.99. The minimum Gasteiger partial charge on any atom is -0.507 e. The number of phenols is 1. The summed E-state index contributed by atoms with van der Waals surface area (Å²) in [6, 6.07) is 17.7. The number of hydrogen-bond donors (Lipinski definition) is 3. The largest absolute Gasteiger partial charge is 0.507 e. The highest BCUT2D eigenvalue weighted by Gasteiger charge is 2.14. The highest BCUT2D eigenvalue weighted by Crippen LogP contribution is 2.21. The van der Waals surface area contributed by atoms with E-state index in [0.717, 1.165) is 5.56 Å². The maximum absolute atomic E-state index is 12.5. The van der Waals surface area contributed by atoms with Crippen LogP contribution in [0.1, 0.15) is 27.0 Å². The molecule has 0 aliphatic carbocycles. The number of amides is 1. The van der Waals surface area contributed by atoms with Gasteiger partial charge in [-0.3, -0.25) is 9.52 Å². The molecule has 3 aromatic carbocycles. The van der Waals surface area contributed by atoms with Crippen LogP contribution in [0.15, 0.2) is 89.4 Å². The summed E-state index contributed by atoms with van der Waals surface area (Å²) in [5.41, 5.74) is 5.14. The molecule has 1 amide bonds. The number of rotatable bonds is 8. The van der Waals surface area contributed by atoms with Crippen molar-refractivity contribution in [3.63, 3.8) is 0 Å². The summed E-state index contributed by atoms with van der Waals surface area (Å²) in [6.07, 6.45) is 3.55. The summed E-state index contributed by atoms with van der Waals surface area (Å²) in [7, 11) is -3.72. The Morgan fingerprint density at radius 3 is 2.41 bits per heavy atom. The second kappa shape index (κ2) is 9.93. The molecule has 0 unspecified atom stereocenters. The molecule has 0 radical (unpaired) electrons. The van der Waals surface area contributed by atoms with Gasteiger partial charge in [0.1, 0.15) is 5.75 Å². The molecule has 164 valence electrons. The molecule has 8 heteroatoms. The topological polar surface area (TPSA) is 108 Å². The highest BCUT2D eigenvalue weighted by molar-refractivity contribution is 7.92. The van der Waals surface area contributed by atoms with E-state index in [-0.39, 0.29) is 10.6 Å². The Balaban J connectivity index is 1.64. The summed E-state index contributed by atoms with van der Waals surface area (Å²) in [5.74, 6) is -0.397. The van der Waals surface area contributed by atoms with Crippen molar-refractivity contribution in [3.05, 3.63) is 102 Å². The summed E-state index contributed by atoms with van der Waals surface area (Å²) in [5, 5.41) is 14.1. The zero-order valence-electron chi connectivity index (χ0n) is 17.4. The first-order valence-electron chi connectivity index (χ1n) is 9.75. The van der Waals surface area contributed by atoms with Gasteiger partial charge in [-0.2, -0.15) is 5.10 Å². The van der Waals surface area contributed by atoms with Crippen molar-refractivity contribution in [2.75, 3.05) is 4.72 Å². The van der Waals surface area contributed by atoms with Crippen LogP contribution in [0.25, 0.3) is 0 Å². The van der Waals surface area contributed by atoms with Gasteiger partial charge >= 0.3 is 0 Å². The number of aryl methyl sites for hydroxylation is 1. The Kier molecular flexibility index (Phi) is 7.07. The van der Waals surface area contributed by atoms with E-state index in [1.165, 1.54) is 42.6 Å². The lowest BCUT2D eigenvalue weighted by Crippen LogP contribution is -2.18. The van der Waals surface area contributed by atoms with Crippen LogP contribution < -0.4 is 10.1 Å². The van der Waals surface area contributed by atoms with Gasteiger partial charge in [-0.25, -0.2) is 13.8 Å². The molecule has 0 aromatic heterocycles. The Bertz CT molecular complexity index is 1250. The Hall–Kier alpha value is -3.91. The van der Waals surface area contributed by atoms with E-state index in [4.69, 9.17) is 0 Å². The number of allylic oxidation sites excluding steroid dienone is 1. The quantitative estimate of drug-likeness (QED) is 0.274. The number of nitrogens with zero attached hydrogens (tertiary/aromatic N) is 1. The lowest BCUT2D eigenvalue weighted by atomic mass is 10.1. The second-order valence-electron chi connectivity index (χ2n) is 7.04. The lowest BCUT2D eigenvalue weighted by Gasteiger charge is -2.09. The van der Waals surface area contributed by atoms with Gasteiger partial charge in [0.2, 0.25) is 0 Å². The van der Waals surface area contributed by atoms with Crippen LogP contribution in [0.4, 0.5) is 5.69 Å². The van der Waals surface area contributed by atoms with E-state index in [1.807, 2.05) is 6.92 Å². The first kappa shape index (κ1) is 22.8. The number of phenolic OH excluding ortho intramolecular Hbond substituents is 1. The molecule has 0 aliphatic rings. The number of carbonyl (C=O) groups is 1. The molecular formula is C24H23N3O4S. The molecule has 3 aromatic rings. The van der Waals surface area contributed by atoms with Gasteiger partial charge in [-0.1, -0.05) is 35.9 Å². The fourth-order valence-corrected chi connectivity index (χ4v) is 3.94. The fourth-order valence-electron chi connectivity index (χ4n) is 2.88. The summed E-state index contributed by atoms with van der Waals surface area (Å²) in [6.45, 7) is 5.53. The number of benzene rings is 3. The average Bonchev–Trinajstić information content (AvgIpc) is 2.77. The third-order valence-electron chi connectivity index (χ3n) is 4.62. The standard InChI is InChI=1S/C24H23N3O4S/c1-3-5-18-6-4-7-20(23(18)28)16-25-26-24(29)19-10-12-21(13-11-19)27-32(30,31)22-14-8-17(2)9-15-22/h3-4,6-16,27-28H,1,5H2,2H3,(H,26,29)/b25-16+. The van der Waals surface area contributed by atoms with E-state index in [1.54, 1.807) is 36.4 Å². The van der Waals surface area contributed by atoms with Crippen molar-refractivity contribution in [1.82, 2.24) is 5.43 Å². The summed E-state index contributed by atoms with van der Waals surface area (Å²) < 4.78 is 27.4. The van der Waals surface area contributed by atoms with Crippen molar-refractivity contribution in [2.24, 2.45) is 5.10 Å². The Morgan fingerprint density at radius 2 is 1.75 bits per heavy atom. The van der Waals surface area contributed by atoms with Crippen molar-refractivity contribution in [2.45, 2.75) is 18.2 Å². The smallest absolute Gasteiger partial charge is 0.271 e. The first-order valence-corrected chi connectivity index (χ1v) is 11.2. The normalized spacial score (nSPS) is 11.3. The molecule has 0 saturated heterocycles. The van der Waals surface area contributed by atoms with Crippen LogP contribution in [-0.2, 0) is 16.4 Å². The van der Waals surface area contributed by atoms with Gasteiger partial charge in [0, 0.05) is 16.8 Å². The van der Waals surface area contributed by atoms with E-state index in [9.17, 15) is 18.3 Å². The van der Waals surface area contributed by atoms with Crippen molar-refractivity contribution in [3.8, 4) is 5.75 Å². The molecule has 3 rings (SSSR count). The summed E-state index contributed by atoms with van der Waals surface area (Å²) >= 11 is 0. The molecule has 0 fully saturated rings. The van der Waals surface area contributed by atoms with E-state index in [0.29, 0.717) is 28.8 Å². The molecule has 0 aliphatic heterocycles. The molecular weight excluding hydrogens is 426 g/mol. The summed E-state index contributed by atoms with van der Waals surface area (Å²) in [4.78, 5) is 12.5. The molecule has 0 bridgehead atoms. The van der Waals surface area contributed by atoms with Crippen LogP contribution in [0, 0.1) is 6.92 Å². The molecule has 3 N–H and O–H groups in total. The van der Waals surface area contributed by atoms with Crippen LogP contribution in [0.3, 0.4) is 0 Å². The lowest BCUT2D eigenvalue weighted by molar-refractivity contribution is 0.0955. The number of aromatic hydroxyl groups is 1. The molecule has 0 atom stereocenters. The van der Waals surface area contributed by atoms with E-state index in [2.05, 4.69) is 21.8 Å². The highest BCUT2D eigenvalue weighted by atomic mass is 32.2. The first-order chi connectivity index (χ1) is 15.3. The Labute approximate surface area is 187 Å². The van der Waals surface area contributed by atoms with Gasteiger partial charge in [0.05, 0.1) is 11.1 Å². The second-order valence-corrected chi connectivity index (χ2v) is 8.73. The fraction of sp³-hybridized carbons (Fsp3) is 0.0833. The van der Waals surface area contributed by atoms with E-state index >= 15 is 0 Å². The monoisotopic (exact) mass is 449 g/mol. The molecule has 7 nitrogen and oxygen atoms in total. The maximum atomic E-state index is 12.5. The number of hydrazone groups is 1. The van der Waals surface area contributed by atoms with Gasteiger partial charge in [-0.15, -0.1) is 6.58 Å². The van der Waals surface area contributed by atoms with Crippen molar-refractivity contribution >= 4 is 27.8 Å². The maximum Gasteiger partial charge on any atom is 0.271 e. The average molecular weight is 450 g/mol. The number of hydrogen-bond acceptors (Lipinski definition) is 5. The van der Waals surface area contributed by atoms with Gasteiger partial charge in [-0.05, 0) is 61.4 Å². The van der Waals surface area contributed by atoms with Crippen LogP contribution in [0.2, 0.25) is 0 Å². The van der Waals surface area contributed by atoms with Gasteiger partial charge in [0.15, 0.2) is 0 Å². The van der Waals surface area contributed by atoms with E-state index < -0.39 is 15.9 Å². The third kappa shape index (κ3) is 5.61. The zero-order valence-corrected chi connectivity index (χ0v) is 18.3. The van der Waals surface area contributed by atoms with Crippen LogP contribution in [0.5, 0.6) is 5.75 Å². The van der Waals surface area contributed by atoms with Crippen molar-refractivity contribution in [1.29, 1.82) is 0 Å². The molecule has 0 spiro atoms. The number of para-hydroxylation sites is 1. The number of sulfonamides is 1. The van der Waals surface area contributed by atoms with Crippen LogP contribution >= 0.6 is 0 Å². The van der Waals surface area contributed by atoms with Gasteiger partial charge < -0.3 is 5.11 Å². The minimum atomic E-state index is -3.72. The number of nitrogens with one attached hydrogen (secondary N) is 2. The third-order valence-corrected chi connectivity index (χ3v) is 6.01. The van der Waals surface area contributed by atoms with Crippen molar-refractivity contribution < 1.29 is 18.3 Å². The minimum absolute atomic E-state index is 0.0793. The van der Waals surface area contributed by atoms with Gasteiger partial charge in [0.25, 0.3) is 15.9 Å². The predicted molar refractivity (Wildman–Crippen MR) is 125 cm³/mol. The number of anilines is 1. The molecule has 0 saturated carbocycles. The number of carbonyl (C=O) groups excluding carboxylic acids is 1. The molecule has 32 heavy (non-hydrogen) atoms. The Morgan fingerprint density at radius 1 is 1.06 bits per heavy atom. The molecule has 0 heterocycles.